The van der Waals surface area contributed by atoms with Crippen LogP contribution in [0.1, 0.15) is 15.9 Å². The van der Waals surface area contributed by atoms with Gasteiger partial charge in [0.1, 0.15) is 11.6 Å². The van der Waals surface area contributed by atoms with Crippen molar-refractivity contribution in [2.24, 2.45) is 0 Å². The second-order valence-electron chi connectivity index (χ2n) is 6.66. The van der Waals surface area contributed by atoms with Gasteiger partial charge in [-0.25, -0.2) is 9.18 Å². The van der Waals surface area contributed by atoms with Crippen molar-refractivity contribution < 1.29 is 23.6 Å². The molecule has 0 bridgehead atoms. The van der Waals surface area contributed by atoms with Crippen LogP contribution >= 0.6 is 0 Å². The van der Waals surface area contributed by atoms with Crippen molar-refractivity contribution >= 4 is 5.97 Å². The van der Waals surface area contributed by atoms with Gasteiger partial charge in [-0.15, -0.1) is 0 Å². The lowest BCUT2D eigenvalue weighted by atomic mass is 9.98. The fourth-order valence-corrected chi connectivity index (χ4v) is 3.19. The predicted molar refractivity (Wildman–Crippen MR) is 108 cm³/mol. The number of phenolic OH excluding ortho intramolecular Hbond substituents is 1. The maximum Gasteiger partial charge on any atom is 0.340 e. The first-order valence-corrected chi connectivity index (χ1v) is 9.09. The number of ether oxygens (including phenoxy) is 1. The fraction of sp³-hybridized carbons (Fsp3) is 0.0870. The van der Waals surface area contributed by atoms with Crippen LogP contribution in [-0.4, -0.2) is 28.3 Å². The van der Waals surface area contributed by atoms with Gasteiger partial charge in [-0.2, -0.15) is 4.98 Å². The lowest BCUT2D eigenvalue weighted by molar-refractivity contribution is 0.0595. The lowest BCUT2D eigenvalue weighted by Gasteiger charge is -2.09. The molecule has 0 aliphatic heterocycles. The molecule has 0 unspecified atom stereocenters. The largest absolute Gasteiger partial charge is 0.507 e. The number of carbonyl (C=O) groups excluding carboxylic acids is 1. The normalized spacial score (nSPS) is 10.8. The van der Waals surface area contributed by atoms with Gasteiger partial charge in [0, 0.05) is 16.7 Å². The lowest BCUT2D eigenvalue weighted by Crippen LogP contribution is -2.04. The second-order valence-corrected chi connectivity index (χ2v) is 6.66. The molecule has 1 aromatic heterocycles. The van der Waals surface area contributed by atoms with E-state index in [0.29, 0.717) is 11.1 Å². The highest BCUT2D eigenvalue weighted by Gasteiger charge is 2.17. The number of aromatic hydroxyl groups is 1. The molecule has 0 saturated carbocycles. The molecular formula is C23H17FN2O4. The van der Waals surface area contributed by atoms with Gasteiger partial charge in [0.05, 0.1) is 12.7 Å². The number of carbonyl (C=O) groups is 1. The molecule has 1 heterocycles. The predicted octanol–water partition coefficient (Wildman–Crippen LogP) is 5.01. The van der Waals surface area contributed by atoms with Crippen molar-refractivity contribution in [3.63, 3.8) is 0 Å². The Morgan fingerprint density at radius 2 is 1.80 bits per heavy atom. The maximum atomic E-state index is 14.2. The number of aromatic nitrogens is 2. The molecule has 1 N–H and O–H groups in total. The first-order valence-electron chi connectivity index (χ1n) is 9.09. The SMILES string of the molecule is COC(=O)c1ccc(-c2noc(-c3ccc(-c4ccccc4O)c(C)c3)n2)cc1F. The van der Waals surface area contributed by atoms with Gasteiger partial charge in [-0.1, -0.05) is 29.4 Å². The number of hydrogen-bond donors (Lipinski definition) is 1. The van der Waals surface area contributed by atoms with Crippen LogP contribution < -0.4 is 0 Å². The van der Waals surface area contributed by atoms with Crippen molar-refractivity contribution in [2.75, 3.05) is 7.11 Å². The van der Waals surface area contributed by atoms with Crippen LogP contribution in [0.2, 0.25) is 0 Å². The zero-order chi connectivity index (χ0) is 21.3. The molecule has 6 nitrogen and oxygen atoms in total. The summed E-state index contributed by atoms with van der Waals surface area (Å²) in [5.74, 6) is -0.815. The summed E-state index contributed by atoms with van der Waals surface area (Å²) < 4.78 is 24.1. The molecule has 0 aliphatic rings. The van der Waals surface area contributed by atoms with Gasteiger partial charge in [-0.3, -0.25) is 0 Å². The summed E-state index contributed by atoms with van der Waals surface area (Å²) in [6.45, 7) is 1.92. The number of esters is 1. The standard InChI is InChI=1S/C23H17FN2O4/c1-13-11-15(8-9-16(13)17-5-3-4-6-20(17)27)22-25-21(26-30-22)14-7-10-18(19(24)12-14)23(28)29-2/h3-12,27H,1-2H3. The minimum Gasteiger partial charge on any atom is -0.507 e. The fourth-order valence-electron chi connectivity index (χ4n) is 3.19. The van der Waals surface area contributed by atoms with Crippen LogP contribution in [0.3, 0.4) is 0 Å². The van der Waals surface area contributed by atoms with E-state index < -0.39 is 11.8 Å². The van der Waals surface area contributed by atoms with Crippen molar-refractivity contribution in [2.45, 2.75) is 6.92 Å². The topological polar surface area (TPSA) is 85.5 Å². The number of rotatable bonds is 4. The van der Waals surface area contributed by atoms with Crippen molar-refractivity contribution in [3.8, 4) is 39.7 Å². The van der Waals surface area contributed by atoms with E-state index in [-0.39, 0.29) is 23.0 Å². The monoisotopic (exact) mass is 404 g/mol. The molecule has 30 heavy (non-hydrogen) atoms. The van der Waals surface area contributed by atoms with Gasteiger partial charge >= 0.3 is 5.97 Å². The summed E-state index contributed by atoms with van der Waals surface area (Å²) in [4.78, 5) is 15.9. The number of hydrogen-bond acceptors (Lipinski definition) is 6. The first-order chi connectivity index (χ1) is 14.5. The van der Waals surface area contributed by atoms with Gasteiger partial charge in [0.2, 0.25) is 5.82 Å². The summed E-state index contributed by atoms with van der Waals surface area (Å²) in [6.07, 6.45) is 0. The molecule has 0 saturated heterocycles. The average Bonchev–Trinajstić information content (AvgIpc) is 3.24. The van der Waals surface area contributed by atoms with Crippen molar-refractivity contribution in [1.82, 2.24) is 10.1 Å². The van der Waals surface area contributed by atoms with E-state index in [1.807, 2.05) is 37.3 Å². The highest BCUT2D eigenvalue weighted by atomic mass is 19.1. The Morgan fingerprint density at radius 3 is 2.50 bits per heavy atom. The minimum atomic E-state index is -0.757. The zero-order valence-corrected chi connectivity index (χ0v) is 16.2. The molecule has 4 rings (SSSR count). The van der Waals surface area contributed by atoms with Crippen molar-refractivity contribution in [1.29, 1.82) is 0 Å². The highest BCUT2D eigenvalue weighted by Crippen LogP contribution is 2.33. The Balaban J connectivity index is 1.65. The van der Waals surface area contributed by atoms with Crippen LogP contribution in [0.25, 0.3) is 34.0 Å². The van der Waals surface area contributed by atoms with E-state index >= 15 is 0 Å². The molecule has 0 aliphatic carbocycles. The van der Waals surface area contributed by atoms with Crippen LogP contribution in [0.5, 0.6) is 5.75 Å². The van der Waals surface area contributed by atoms with E-state index in [4.69, 9.17) is 4.52 Å². The summed E-state index contributed by atoms with van der Waals surface area (Å²) in [6, 6.07) is 16.7. The smallest absolute Gasteiger partial charge is 0.340 e. The number of nitrogens with zero attached hydrogens (tertiary/aromatic N) is 2. The van der Waals surface area contributed by atoms with Crippen LogP contribution in [0, 0.1) is 12.7 Å². The molecule has 0 amide bonds. The Bertz CT molecular complexity index is 1250. The second kappa shape index (κ2) is 7.79. The number of aryl methyl sites for hydroxylation is 1. The molecule has 3 aromatic carbocycles. The summed E-state index contributed by atoms with van der Waals surface area (Å²) >= 11 is 0. The molecule has 150 valence electrons. The number of benzene rings is 3. The zero-order valence-electron chi connectivity index (χ0n) is 16.2. The number of methoxy groups -OCH3 is 1. The van der Waals surface area contributed by atoms with Gasteiger partial charge in [-0.05, 0) is 54.4 Å². The van der Waals surface area contributed by atoms with Crippen LogP contribution in [0.15, 0.2) is 65.2 Å². The third-order valence-corrected chi connectivity index (χ3v) is 4.73. The van der Waals surface area contributed by atoms with E-state index in [2.05, 4.69) is 14.9 Å². The third-order valence-electron chi connectivity index (χ3n) is 4.73. The molecule has 0 radical (unpaired) electrons. The van der Waals surface area contributed by atoms with Gasteiger partial charge < -0.3 is 14.4 Å². The number of para-hydroxylation sites is 1. The molecule has 0 atom stereocenters. The molecular weight excluding hydrogens is 387 g/mol. The van der Waals surface area contributed by atoms with Gasteiger partial charge in [0.15, 0.2) is 0 Å². The Kier molecular flexibility index (Phi) is 5.02. The minimum absolute atomic E-state index is 0.166. The molecule has 7 heteroatoms. The summed E-state index contributed by atoms with van der Waals surface area (Å²) in [7, 11) is 1.19. The highest BCUT2D eigenvalue weighted by molar-refractivity contribution is 5.90. The first kappa shape index (κ1) is 19.3. The average molecular weight is 404 g/mol. The van der Waals surface area contributed by atoms with E-state index in [0.717, 1.165) is 22.8 Å². The quantitative estimate of drug-likeness (QED) is 0.481. The third kappa shape index (κ3) is 3.53. The molecule has 0 spiro atoms. The van der Waals surface area contributed by atoms with Crippen LogP contribution in [-0.2, 0) is 4.74 Å². The number of phenols is 1. The van der Waals surface area contributed by atoms with E-state index in [1.165, 1.54) is 19.2 Å². The van der Waals surface area contributed by atoms with E-state index in [9.17, 15) is 14.3 Å². The Labute approximate surface area is 171 Å². The molecule has 4 aromatic rings. The summed E-state index contributed by atoms with van der Waals surface area (Å²) in [5.41, 5.74) is 3.43. The van der Waals surface area contributed by atoms with Gasteiger partial charge in [0.25, 0.3) is 5.89 Å². The summed E-state index contributed by atoms with van der Waals surface area (Å²) in [5, 5.41) is 14.0. The Morgan fingerprint density at radius 1 is 1.03 bits per heavy atom. The van der Waals surface area contributed by atoms with E-state index in [1.54, 1.807) is 12.1 Å². The molecule has 0 fully saturated rings. The van der Waals surface area contributed by atoms with Crippen molar-refractivity contribution in [3.05, 3.63) is 77.6 Å². The Hall–Kier alpha value is -4.00. The van der Waals surface area contributed by atoms with Crippen LogP contribution in [0.4, 0.5) is 4.39 Å². The maximum absolute atomic E-state index is 14.2. The number of halogens is 1.